The van der Waals surface area contributed by atoms with Crippen molar-refractivity contribution in [2.75, 3.05) is 0 Å². The molecule has 0 aliphatic carbocycles. The lowest BCUT2D eigenvalue weighted by Crippen LogP contribution is -1.96. The molecule has 0 unspecified atom stereocenters. The van der Waals surface area contributed by atoms with Crippen LogP contribution in [0.15, 0.2) is 120 Å². The van der Waals surface area contributed by atoms with E-state index in [-0.39, 0.29) is 0 Å². The molecule has 34 heavy (non-hydrogen) atoms. The predicted octanol–water partition coefficient (Wildman–Crippen LogP) is 8.99. The Morgan fingerprint density at radius 1 is 0.471 bits per heavy atom. The fourth-order valence-electron chi connectivity index (χ4n) is 5.71. The smallest absolute Gasteiger partial charge is 0.145 e. The number of aromatic nitrogens is 1. The van der Waals surface area contributed by atoms with Gasteiger partial charge in [-0.2, -0.15) is 0 Å². The summed E-state index contributed by atoms with van der Waals surface area (Å²) >= 11 is 0. The zero-order valence-corrected chi connectivity index (χ0v) is 18.3. The lowest BCUT2D eigenvalue weighted by atomic mass is 10.00. The summed E-state index contributed by atoms with van der Waals surface area (Å²) in [4.78, 5) is 0. The highest BCUT2D eigenvalue weighted by Gasteiger charge is 2.19. The summed E-state index contributed by atoms with van der Waals surface area (Å²) < 4.78 is 8.88. The van der Waals surface area contributed by atoms with Crippen LogP contribution in [-0.4, -0.2) is 4.57 Å². The van der Waals surface area contributed by atoms with Crippen LogP contribution < -0.4 is 0 Å². The summed E-state index contributed by atoms with van der Waals surface area (Å²) in [5.74, 6) is 0. The van der Waals surface area contributed by atoms with Gasteiger partial charge < -0.3 is 8.98 Å². The highest BCUT2D eigenvalue weighted by Crippen LogP contribution is 2.42. The Bertz CT molecular complexity index is 2070. The van der Waals surface area contributed by atoms with Gasteiger partial charge in [-0.15, -0.1) is 0 Å². The zero-order valence-electron chi connectivity index (χ0n) is 18.3. The second-order valence-electron chi connectivity index (χ2n) is 8.95. The maximum Gasteiger partial charge on any atom is 0.145 e. The largest absolute Gasteiger partial charge is 0.455 e. The third-order valence-corrected chi connectivity index (χ3v) is 7.17. The van der Waals surface area contributed by atoms with Crippen molar-refractivity contribution >= 4 is 65.3 Å². The number of fused-ring (bicyclic) bond motifs is 10. The molecule has 0 bridgehead atoms. The van der Waals surface area contributed by atoms with Crippen LogP contribution >= 0.6 is 0 Å². The van der Waals surface area contributed by atoms with Crippen molar-refractivity contribution < 1.29 is 4.42 Å². The van der Waals surface area contributed by atoms with E-state index in [0.29, 0.717) is 0 Å². The van der Waals surface area contributed by atoms with Crippen molar-refractivity contribution in [2.24, 2.45) is 0 Å². The van der Waals surface area contributed by atoms with Gasteiger partial charge in [-0.1, -0.05) is 84.9 Å². The van der Waals surface area contributed by atoms with Gasteiger partial charge in [-0.25, -0.2) is 0 Å². The SMILES string of the molecule is c1ccc2c(c1)cc(-n1c3ccccc3c3c4oc5ccccc5c4ccc31)c1ccccc12. The van der Waals surface area contributed by atoms with E-state index in [4.69, 9.17) is 4.42 Å². The number of hydrogen-bond donors (Lipinski definition) is 0. The fraction of sp³-hybridized carbons (Fsp3) is 0. The first kappa shape index (κ1) is 17.9. The number of rotatable bonds is 1. The number of benzene rings is 6. The average Bonchev–Trinajstić information content (AvgIpc) is 3.44. The lowest BCUT2D eigenvalue weighted by molar-refractivity contribution is 0.673. The molecule has 0 atom stereocenters. The summed E-state index contributed by atoms with van der Waals surface area (Å²) in [6, 6.07) is 41.1. The average molecular weight is 434 g/mol. The first-order valence-corrected chi connectivity index (χ1v) is 11.6. The Balaban J connectivity index is 1.62. The van der Waals surface area contributed by atoms with E-state index in [1.54, 1.807) is 0 Å². The van der Waals surface area contributed by atoms with Crippen LogP contribution in [0.25, 0.3) is 71.0 Å². The van der Waals surface area contributed by atoms with Crippen LogP contribution in [-0.2, 0) is 0 Å². The van der Waals surface area contributed by atoms with Crippen LogP contribution in [0.1, 0.15) is 0 Å². The van der Waals surface area contributed by atoms with Gasteiger partial charge in [0.15, 0.2) is 0 Å². The summed E-state index contributed by atoms with van der Waals surface area (Å²) in [6.45, 7) is 0. The Kier molecular flexibility index (Phi) is 3.42. The van der Waals surface area contributed by atoms with E-state index in [0.717, 1.165) is 27.5 Å². The fourth-order valence-corrected chi connectivity index (χ4v) is 5.71. The van der Waals surface area contributed by atoms with Gasteiger partial charge in [0.05, 0.1) is 22.1 Å². The van der Waals surface area contributed by atoms with E-state index in [9.17, 15) is 0 Å². The molecule has 0 aliphatic heterocycles. The number of para-hydroxylation sites is 2. The molecule has 2 aromatic heterocycles. The first-order valence-electron chi connectivity index (χ1n) is 11.6. The van der Waals surface area contributed by atoms with Crippen molar-refractivity contribution in [2.45, 2.75) is 0 Å². The van der Waals surface area contributed by atoms with Crippen molar-refractivity contribution in [3.8, 4) is 5.69 Å². The minimum Gasteiger partial charge on any atom is -0.455 e. The van der Waals surface area contributed by atoms with Gasteiger partial charge in [0.2, 0.25) is 0 Å². The summed E-state index contributed by atoms with van der Waals surface area (Å²) in [6.07, 6.45) is 0. The Hall–Kier alpha value is -4.56. The maximum absolute atomic E-state index is 6.47. The van der Waals surface area contributed by atoms with Crippen LogP contribution in [0.4, 0.5) is 0 Å². The Morgan fingerprint density at radius 2 is 1.15 bits per heavy atom. The van der Waals surface area contributed by atoms with Gasteiger partial charge in [-0.05, 0) is 46.5 Å². The molecule has 2 heterocycles. The number of nitrogens with zero attached hydrogens (tertiary/aromatic N) is 1. The molecule has 2 heteroatoms. The van der Waals surface area contributed by atoms with Crippen molar-refractivity contribution in [1.82, 2.24) is 4.57 Å². The minimum absolute atomic E-state index is 0.929. The molecule has 0 N–H and O–H groups in total. The molecular weight excluding hydrogens is 414 g/mol. The summed E-state index contributed by atoms with van der Waals surface area (Å²) in [5.41, 5.74) is 5.42. The monoisotopic (exact) mass is 433 g/mol. The molecule has 0 saturated heterocycles. The third-order valence-electron chi connectivity index (χ3n) is 7.17. The van der Waals surface area contributed by atoms with Crippen LogP contribution in [0, 0.1) is 0 Å². The second-order valence-corrected chi connectivity index (χ2v) is 8.95. The molecule has 2 nitrogen and oxygen atoms in total. The highest BCUT2D eigenvalue weighted by molar-refractivity contribution is 6.24. The maximum atomic E-state index is 6.47. The first-order chi connectivity index (χ1) is 16.9. The lowest BCUT2D eigenvalue weighted by Gasteiger charge is -2.14. The standard InChI is InChI=1S/C32H19NO/c1-2-10-21-20(9-1)19-29(23-12-4-3-11-22(21)23)33-27-15-7-5-14-26(27)31-28(33)18-17-25-24-13-6-8-16-30(24)34-32(25)31/h1-19H. The topological polar surface area (TPSA) is 18.1 Å². The van der Waals surface area contributed by atoms with Crippen LogP contribution in [0.5, 0.6) is 0 Å². The van der Waals surface area contributed by atoms with Crippen molar-refractivity contribution in [1.29, 1.82) is 0 Å². The molecule has 8 rings (SSSR count). The van der Waals surface area contributed by atoms with Crippen molar-refractivity contribution in [3.05, 3.63) is 115 Å². The van der Waals surface area contributed by atoms with Gasteiger partial charge >= 0.3 is 0 Å². The number of hydrogen-bond acceptors (Lipinski definition) is 1. The summed E-state index contributed by atoms with van der Waals surface area (Å²) in [7, 11) is 0. The molecule has 158 valence electrons. The van der Waals surface area contributed by atoms with E-state index in [2.05, 4.69) is 114 Å². The molecule has 0 aliphatic rings. The molecular formula is C32H19NO. The molecule has 0 spiro atoms. The molecule has 6 aromatic carbocycles. The van der Waals surface area contributed by atoms with E-state index in [1.165, 1.54) is 43.5 Å². The van der Waals surface area contributed by atoms with Gasteiger partial charge in [-0.3, -0.25) is 0 Å². The molecule has 0 amide bonds. The van der Waals surface area contributed by atoms with Crippen LogP contribution in [0.2, 0.25) is 0 Å². The van der Waals surface area contributed by atoms with E-state index in [1.807, 2.05) is 6.07 Å². The van der Waals surface area contributed by atoms with Gasteiger partial charge in [0.1, 0.15) is 11.2 Å². The predicted molar refractivity (Wildman–Crippen MR) is 143 cm³/mol. The van der Waals surface area contributed by atoms with E-state index < -0.39 is 0 Å². The highest BCUT2D eigenvalue weighted by atomic mass is 16.3. The molecule has 0 fully saturated rings. The zero-order chi connectivity index (χ0) is 22.2. The van der Waals surface area contributed by atoms with Crippen molar-refractivity contribution in [3.63, 3.8) is 0 Å². The molecule has 0 saturated carbocycles. The number of furan rings is 1. The summed E-state index contributed by atoms with van der Waals surface area (Å²) in [5, 5.41) is 9.73. The molecule has 8 aromatic rings. The second kappa shape index (κ2) is 6.49. The molecule has 0 radical (unpaired) electrons. The van der Waals surface area contributed by atoms with Gasteiger partial charge in [0.25, 0.3) is 0 Å². The minimum atomic E-state index is 0.929. The van der Waals surface area contributed by atoms with Crippen LogP contribution in [0.3, 0.4) is 0 Å². The quantitative estimate of drug-likeness (QED) is 0.236. The van der Waals surface area contributed by atoms with Gasteiger partial charge in [0, 0.05) is 21.5 Å². The Labute approximate surface area is 195 Å². The van der Waals surface area contributed by atoms with E-state index >= 15 is 0 Å². The Morgan fingerprint density at radius 3 is 2.03 bits per heavy atom. The normalized spacial score (nSPS) is 12.1. The third kappa shape index (κ3) is 2.24.